The Balaban J connectivity index is 1.97. The Kier molecular flexibility index (Phi) is 2.55. The second-order valence-electron chi connectivity index (χ2n) is 5.56. The summed E-state index contributed by atoms with van der Waals surface area (Å²) in [6.07, 6.45) is 0. The Bertz CT molecular complexity index is 1070. The van der Waals surface area contributed by atoms with Gasteiger partial charge in [-0.05, 0) is 24.3 Å². The van der Waals surface area contributed by atoms with Crippen LogP contribution in [0, 0.1) is 0 Å². The van der Waals surface area contributed by atoms with Crippen LogP contribution in [-0.4, -0.2) is 9.55 Å². The molecule has 0 saturated heterocycles. The molecule has 2 heterocycles. The molecule has 0 aliphatic carbocycles. The van der Waals surface area contributed by atoms with Crippen LogP contribution in [0.4, 0.5) is 11.6 Å². The third kappa shape index (κ3) is 1.74. The van der Waals surface area contributed by atoms with E-state index in [1.807, 2.05) is 42.5 Å². The summed E-state index contributed by atoms with van der Waals surface area (Å²) in [5.74, 6) is 0.783. The average Bonchev–Trinajstić information content (AvgIpc) is 2.88. The van der Waals surface area contributed by atoms with E-state index in [9.17, 15) is 0 Å². The molecule has 4 aromatic rings. The van der Waals surface area contributed by atoms with Crippen LogP contribution in [0.1, 0.15) is 0 Å². The molecule has 3 nitrogen and oxygen atoms in total. The molecule has 1 aliphatic rings. The minimum atomic E-state index is 0.692. The molecule has 1 aromatic heterocycles. The van der Waals surface area contributed by atoms with E-state index in [1.165, 1.54) is 0 Å². The molecule has 0 atom stereocenters. The number of para-hydroxylation sites is 4. The Morgan fingerprint density at radius 3 is 2.57 bits per heavy atom. The van der Waals surface area contributed by atoms with E-state index in [4.69, 9.17) is 16.6 Å². The first-order valence-corrected chi connectivity index (χ1v) is 7.83. The highest BCUT2D eigenvalue weighted by Crippen LogP contribution is 2.43. The number of nitrogens with one attached hydrogen (secondary N) is 1. The van der Waals surface area contributed by atoms with E-state index < -0.39 is 0 Å². The summed E-state index contributed by atoms with van der Waals surface area (Å²) in [7, 11) is 0. The number of fused-ring (bicyclic) bond motifs is 7. The molecule has 0 fully saturated rings. The van der Waals surface area contributed by atoms with Gasteiger partial charge >= 0.3 is 0 Å². The van der Waals surface area contributed by atoms with Gasteiger partial charge in [0.15, 0.2) is 0 Å². The molecule has 0 bridgehead atoms. The van der Waals surface area contributed by atoms with Crippen LogP contribution in [0.3, 0.4) is 0 Å². The van der Waals surface area contributed by atoms with Gasteiger partial charge in [0.1, 0.15) is 0 Å². The van der Waals surface area contributed by atoms with Crippen molar-refractivity contribution in [2.45, 2.75) is 0 Å². The zero-order valence-electron chi connectivity index (χ0n) is 12.1. The minimum Gasteiger partial charge on any atom is -0.323 e. The SMILES string of the molecule is Clc1cccc2c1Nc1nc3ccccc3n1-c1ccccc1-2. The molecule has 23 heavy (non-hydrogen) atoms. The standard InChI is InChI=1S/C19H12ClN3/c20-14-8-5-7-13-12-6-1-3-10-16(12)23-17-11-4-2-9-15(17)21-19(23)22-18(13)14/h1-11H,(H,21,22). The summed E-state index contributed by atoms with van der Waals surface area (Å²) in [4.78, 5) is 4.75. The highest BCUT2D eigenvalue weighted by Gasteiger charge is 2.22. The normalized spacial score (nSPS) is 12.0. The lowest BCUT2D eigenvalue weighted by Gasteiger charge is -2.10. The smallest absolute Gasteiger partial charge is 0.213 e. The zero-order chi connectivity index (χ0) is 15.4. The summed E-state index contributed by atoms with van der Waals surface area (Å²) < 4.78 is 2.15. The van der Waals surface area contributed by atoms with E-state index in [2.05, 4.69) is 34.1 Å². The van der Waals surface area contributed by atoms with Crippen molar-refractivity contribution >= 4 is 34.3 Å². The molecule has 1 aliphatic heterocycles. The van der Waals surface area contributed by atoms with Crippen molar-refractivity contribution in [1.82, 2.24) is 9.55 Å². The third-order valence-corrected chi connectivity index (χ3v) is 4.56. The van der Waals surface area contributed by atoms with Gasteiger partial charge in [-0.15, -0.1) is 0 Å². The first kappa shape index (κ1) is 12.7. The number of hydrogen-bond donors (Lipinski definition) is 1. The number of anilines is 2. The zero-order valence-corrected chi connectivity index (χ0v) is 12.9. The summed E-state index contributed by atoms with van der Waals surface area (Å²) in [5, 5.41) is 4.12. The number of aromatic nitrogens is 2. The van der Waals surface area contributed by atoms with Gasteiger partial charge in [0.25, 0.3) is 0 Å². The lowest BCUT2D eigenvalue weighted by molar-refractivity contribution is 1.11. The van der Waals surface area contributed by atoms with Crippen LogP contribution in [0.15, 0.2) is 66.7 Å². The number of imidazole rings is 1. The molecule has 5 rings (SSSR count). The third-order valence-electron chi connectivity index (χ3n) is 4.25. The van der Waals surface area contributed by atoms with Gasteiger partial charge in [0.2, 0.25) is 5.95 Å². The molecular weight excluding hydrogens is 306 g/mol. The monoisotopic (exact) mass is 317 g/mol. The van der Waals surface area contributed by atoms with Gasteiger partial charge in [-0.2, -0.15) is 0 Å². The van der Waals surface area contributed by atoms with Gasteiger partial charge in [-0.25, -0.2) is 4.98 Å². The van der Waals surface area contributed by atoms with Crippen molar-refractivity contribution in [2.24, 2.45) is 0 Å². The fourth-order valence-electron chi connectivity index (χ4n) is 3.24. The predicted octanol–water partition coefficient (Wildman–Crippen LogP) is 5.40. The number of benzene rings is 3. The molecule has 4 heteroatoms. The van der Waals surface area contributed by atoms with Gasteiger partial charge in [-0.3, -0.25) is 4.57 Å². The van der Waals surface area contributed by atoms with Crippen LogP contribution in [0.25, 0.3) is 27.8 Å². The molecule has 1 N–H and O–H groups in total. The van der Waals surface area contributed by atoms with Crippen molar-refractivity contribution in [1.29, 1.82) is 0 Å². The maximum absolute atomic E-state index is 6.45. The van der Waals surface area contributed by atoms with Crippen LogP contribution in [0.5, 0.6) is 0 Å². The second-order valence-corrected chi connectivity index (χ2v) is 5.97. The predicted molar refractivity (Wildman–Crippen MR) is 94.8 cm³/mol. The Labute approximate surface area is 138 Å². The lowest BCUT2D eigenvalue weighted by atomic mass is 10.0. The van der Waals surface area contributed by atoms with Crippen molar-refractivity contribution in [3.05, 3.63) is 71.8 Å². The molecule has 3 aromatic carbocycles. The molecule has 0 saturated carbocycles. The van der Waals surface area contributed by atoms with Crippen molar-refractivity contribution in [2.75, 3.05) is 5.32 Å². The summed E-state index contributed by atoms with van der Waals surface area (Å²) >= 11 is 6.45. The molecular formula is C19H12ClN3. The molecule has 0 radical (unpaired) electrons. The quantitative estimate of drug-likeness (QED) is 0.414. The minimum absolute atomic E-state index is 0.692. The van der Waals surface area contributed by atoms with E-state index in [0.717, 1.165) is 39.5 Å². The first-order valence-electron chi connectivity index (χ1n) is 7.46. The highest BCUT2D eigenvalue weighted by molar-refractivity contribution is 6.34. The summed E-state index contributed by atoms with van der Waals surface area (Å²) in [5.41, 5.74) is 6.26. The molecule has 110 valence electrons. The lowest BCUT2D eigenvalue weighted by Crippen LogP contribution is -1.99. The van der Waals surface area contributed by atoms with Crippen molar-refractivity contribution in [3.8, 4) is 16.8 Å². The van der Waals surface area contributed by atoms with Crippen LogP contribution >= 0.6 is 11.6 Å². The number of hydrogen-bond acceptors (Lipinski definition) is 2. The van der Waals surface area contributed by atoms with Crippen LogP contribution in [0.2, 0.25) is 5.02 Å². The summed E-state index contributed by atoms with van der Waals surface area (Å²) in [6, 6.07) is 22.4. The van der Waals surface area contributed by atoms with Gasteiger partial charge in [0.05, 0.1) is 27.4 Å². The average molecular weight is 318 g/mol. The fourth-order valence-corrected chi connectivity index (χ4v) is 3.46. The fraction of sp³-hybridized carbons (Fsp3) is 0. The number of nitrogens with zero attached hydrogens (tertiary/aromatic N) is 2. The van der Waals surface area contributed by atoms with Gasteiger partial charge in [0, 0.05) is 11.1 Å². The largest absolute Gasteiger partial charge is 0.323 e. The number of rotatable bonds is 0. The topological polar surface area (TPSA) is 29.9 Å². The summed E-state index contributed by atoms with van der Waals surface area (Å²) in [6.45, 7) is 0. The highest BCUT2D eigenvalue weighted by atomic mass is 35.5. The second kappa shape index (κ2) is 4.61. The number of halogens is 1. The Morgan fingerprint density at radius 1 is 0.826 bits per heavy atom. The maximum atomic E-state index is 6.45. The molecule has 0 amide bonds. The van der Waals surface area contributed by atoms with Crippen LogP contribution < -0.4 is 5.32 Å². The van der Waals surface area contributed by atoms with Crippen molar-refractivity contribution in [3.63, 3.8) is 0 Å². The van der Waals surface area contributed by atoms with Gasteiger partial charge < -0.3 is 5.32 Å². The maximum Gasteiger partial charge on any atom is 0.213 e. The van der Waals surface area contributed by atoms with E-state index in [1.54, 1.807) is 0 Å². The van der Waals surface area contributed by atoms with Crippen molar-refractivity contribution < 1.29 is 0 Å². The Morgan fingerprint density at radius 2 is 1.61 bits per heavy atom. The molecule has 0 spiro atoms. The Hall–Kier alpha value is -2.78. The van der Waals surface area contributed by atoms with E-state index in [0.29, 0.717) is 5.02 Å². The van der Waals surface area contributed by atoms with E-state index >= 15 is 0 Å². The first-order chi connectivity index (χ1) is 11.3. The molecule has 0 unspecified atom stereocenters. The van der Waals surface area contributed by atoms with Gasteiger partial charge in [-0.1, -0.05) is 54.1 Å². The van der Waals surface area contributed by atoms with Crippen LogP contribution in [-0.2, 0) is 0 Å². The van der Waals surface area contributed by atoms with E-state index in [-0.39, 0.29) is 0 Å².